The van der Waals surface area contributed by atoms with Crippen molar-refractivity contribution in [3.05, 3.63) is 97.2 Å². The Morgan fingerprint density at radius 2 is 1.86 bits per heavy atom. The Balaban J connectivity index is 1.40. The molecule has 1 aliphatic rings. The van der Waals surface area contributed by atoms with E-state index in [1.54, 1.807) is 51.3 Å². The highest BCUT2D eigenvalue weighted by molar-refractivity contribution is 14.1. The molecule has 3 aromatic rings. The number of nitrogens with one attached hydrogen (secondary N) is 3. The molecule has 0 aliphatic carbocycles. The van der Waals surface area contributed by atoms with Crippen molar-refractivity contribution in [1.29, 1.82) is 0 Å². The summed E-state index contributed by atoms with van der Waals surface area (Å²) in [6.45, 7) is 3.66. The molecule has 0 fully saturated rings. The van der Waals surface area contributed by atoms with Gasteiger partial charge in [-0.15, -0.1) is 0 Å². The van der Waals surface area contributed by atoms with Gasteiger partial charge in [-0.3, -0.25) is 4.79 Å². The lowest BCUT2D eigenvalue weighted by Crippen LogP contribution is -2.45. The van der Waals surface area contributed by atoms with E-state index < -0.39 is 17.9 Å². The molecule has 1 amide bonds. The number of methoxy groups -OCH3 is 1. The first-order chi connectivity index (χ1) is 21.2. The Morgan fingerprint density at radius 3 is 2.61 bits per heavy atom. The maximum atomic E-state index is 12.8. The second-order valence-electron chi connectivity index (χ2n) is 9.32. The van der Waals surface area contributed by atoms with Crippen molar-refractivity contribution in [3.8, 4) is 17.2 Å². The Labute approximate surface area is 279 Å². The highest BCUT2D eigenvalue weighted by Crippen LogP contribution is 2.35. The number of hydrazone groups is 1. The summed E-state index contributed by atoms with van der Waals surface area (Å²) in [6.07, 6.45) is 1.49. The van der Waals surface area contributed by atoms with E-state index in [1.807, 2.05) is 30.3 Å². The number of carbonyl (C=O) groups excluding carboxylic acids is 2. The van der Waals surface area contributed by atoms with Gasteiger partial charge in [0.05, 0.1) is 35.1 Å². The third-order valence-corrected chi connectivity index (χ3v) is 7.73. The van der Waals surface area contributed by atoms with Gasteiger partial charge in [-0.05, 0) is 78.5 Å². The summed E-state index contributed by atoms with van der Waals surface area (Å²) in [4.78, 5) is 25.4. The number of nitrogens with zero attached hydrogens (tertiary/aromatic N) is 1. The first kappa shape index (κ1) is 33.0. The molecule has 0 radical (unpaired) electrons. The van der Waals surface area contributed by atoms with Crippen LogP contribution in [0.1, 0.15) is 36.6 Å². The summed E-state index contributed by atoms with van der Waals surface area (Å²) in [5.41, 5.74) is 5.57. The van der Waals surface area contributed by atoms with Crippen LogP contribution in [-0.2, 0) is 20.9 Å². The lowest BCUT2D eigenvalue weighted by Gasteiger charge is -2.30. The number of benzene rings is 3. The van der Waals surface area contributed by atoms with Crippen LogP contribution in [0.15, 0.2) is 77.0 Å². The van der Waals surface area contributed by atoms with E-state index in [-0.39, 0.29) is 19.8 Å². The molecular weight excluding hydrogens is 719 g/mol. The normalized spacial score (nSPS) is 14.5. The summed E-state index contributed by atoms with van der Waals surface area (Å²) >= 11 is 13.7. The van der Waals surface area contributed by atoms with Gasteiger partial charge in [-0.2, -0.15) is 5.10 Å². The first-order valence-corrected chi connectivity index (χ1v) is 15.3. The predicted octanol–water partition coefficient (Wildman–Crippen LogP) is 5.42. The molecule has 3 aromatic carbocycles. The number of hydrogen-bond donors (Lipinski definition) is 3. The first-order valence-electron chi connectivity index (χ1n) is 13.4. The number of halogens is 2. The number of rotatable bonds is 12. The van der Waals surface area contributed by atoms with Crippen LogP contribution >= 0.6 is 46.4 Å². The van der Waals surface area contributed by atoms with Crippen molar-refractivity contribution in [1.82, 2.24) is 16.1 Å². The van der Waals surface area contributed by atoms with Crippen molar-refractivity contribution >= 4 is 69.6 Å². The minimum absolute atomic E-state index is 0.221. The van der Waals surface area contributed by atoms with E-state index in [2.05, 4.69) is 43.8 Å². The molecular formula is C31H30ClIN4O6S. The topological polar surface area (TPSA) is 120 Å². The molecule has 0 unspecified atom stereocenters. The quantitative estimate of drug-likeness (QED) is 0.0734. The monoisotopic (exact) mass is 748 g/mol. The minimum Gasteiger partial charge on any atom is -0.493 e. The molecule has 0 saturated carbocycles. The number of amides is 1. The molecule has 1 aliphatic heterocycles. The minimum atomic E-state index is -0.630. The van der Waals surface area contributed by atoms with Crippen LogP contribution in [0.4, 0.5) is 0 Å². The van der Waals surface area contributed by atoms with Crippen LogP contribution in [0.3, 0.4) is 0 Å². The summed E-state index contributed by atoms with van der Waals surface area (Å²) in [5, 5.41) is 11.1. The van der Waals surface area contributed by atoms with Crippen LogP contribution in [-0.4, -0.2) is 43.5 Å². The zero-order valence-corrected chi connectivity index (χ0v) is 27.8. The van der Waals surface area contributed by atoms with Crippen LogP contribution in [0, 0.1) is 3.57 Å². The molecule has 0 saturated heterocycles. The highest BCUT2D eigenvalue weighted by atomic mass is 127. The Bertz CT molecular complexity index is 1620. The molecule has 1 heterocycles. The average molecular weight is 749 g/mol. The van der Waals surface area contributed by atoms with E-state index in [0.717, 1.165) is 9.13 Å². The molecule has 13 heteroatoms. The smallest absolute Gasteiger partial charge is 0.338 e. The van der Waals surface area contributed by atoms with Gasteiger partial charge in [-0.1, -0.05) is 48.0 Å². The summed E-state index contributed by atoms with van der Waals surface area (Å²) in [7, 11) is 1.55. The van der Waals surface area contributed by atoms with Crippen molar-refractivity contribution < 1.29 is 28.5 Å². The maximum absolute atomic E-state index is 12.8. The van der Waals surface area contributed by atoms with Crippen molar-refractivity contribution in [3.63, 3.8) is 0 Å². The number of esters is 1. The fourth-order valence-electron chi connectivity index (χ4n) is 4.33. The Hall–Kier alpha value is -3.88. The number of para-hydroxylation sites is 1. The zero-order valence-electron chi connectivity index (χ0n) is 24.1. The van der Waals surface area contributed by atoms with Gasteiger partial charge >= 0.3 is 5.97 Å². The molecule has 0 bridgehead atoms. The number of hydrogen-bond acceptors (Lipinski definition) is 8. The van der Waals surface area contributed by atoms with Gasteiger partial charge < -0.3 is 29.6 Å². The number of carbonyl (C=O) groups is 2. The third kappa shape index (κ3) is 8.39. The Kier molecular flexibility index (Phi) is 11.8. The second-order valence-corrected chi connectivity index (χ2v) is 11.3. The van der Waals surface area contributed by atoms with E-state index >= 15 is 0 Å². The zero-order chi connectivity index (χ0) is 31.6. The fraction of sp³-hybridized carbons (Fsp3) is 0.226. The van der Waals surface area contributed by atoms with Crippen LogP contribution < -0.4 is 30.3 Å². The van der Waals surface area contributed by atoms with Crippen molar-refractivity contribution in [2.24, 2.45) is 5.10 Å². The highest BCUT2D eigenvalue weighted by Gasteiger charge is 2.32. The van der Waals surface area contributed by atoms with E-state index in [4.69, 9.17) is 42.8 Å². The second kappa shape index (κ2) is 15.7. The largest absolute Gasteiger partial charge is 0.493 e. The molecule has 0 aromatic heterocycles. The molecule has 230 valence electrons. The molecule has 0 spiro atoms. The summed E-state index contributed by atoms with van der Waals surface area (Å²) in [6, 6.07) is 17.5. The van der Waals surface area contributed by atoms with Gasteiger partial charge in [0.2, 0.25) is 0 Å². The Morgan fingerprint density at radius 1 is 1.11 bits per heavy atom. The molecule has 3 N–H and O–H groups in total. The third-order valence-electron chi connectivity index (χ3n) is 6.34. The van der Waals surface area contributed by atoms with Crippen molar-refractivity contribution in [2.45, 2.75) is 26.5 Å². The van der Waals surface area contributed by atoms with Gasteiger partial charge in [0.15, 0.2) is 23.2 Å². The van der Waals surface area contributed by atoms with E-state index in [0.29, 0.717) is 49.8 Å². The molecule has 44 heavy (non-hydrogen) atoms. The number of allylic oxidation sites excluding steroid dienone is 1. The van der Waals surface area contributed by atoms with Gasteiger partial charge in [0.25, 0.3) is 5.91 Å². The summed E-state index contributed by atoms with van der Waals surface area (Å²) in [5.74, 6) is 0.514. The molecule has 1 atom stereocenters. The van der Waals surface area contributed by atoms with E-state index in [9.17, 15) is 9.59 Å². The van der Waals surface area contributed by atoms with Gasteiger partial charge in [-0.25, -0.2) is 10.2 Å². The van der Waals surface area contributed by atoms with Gasteiger partial charge in [0.1, 0.15) is 12.4 Å². The lowest BCUT2D eigenvalue weighted by atomic mass is 9.95. The molecule has 4 rings (SSSR count). The van der Waals surface area contributed by atoms with Gasteiger partial charge in [0, 0.05) is 21.8 Å². The number of ether oxygens (including phenoxy) is 4. The maximum Gasteiger partial charge on any atom is 0.338 e. The van der Waals surface area contributed by atoms with Crippen LogP contribution in [0.25, 0.3) is 0 Å². The average Bonchev–Trinajstić information content (AvgIpc) is 3.00. The lowest BCUT2D eigenvalue weighted by molar-refractivity contribution is -0.139. The predicted molar refractivity (Wildman–Crippen MR) is 180 cm³/mol. The standard InChI is InChI=1S/C31H30ClIN4O6S/c1-4-41-30(39)27-18(2)35-31(44)36-28(27)21-10-6-8-12-24(21)42-17-26(38)37-34-15-19-13-23(33)29(25(14-19)40-3)43-16-20-9-5-7-11-22(20)32/h5-15,28H,4,16-17H2,1-3H3,(H,37,38)(H2,35,36,44)/t28-/m0/s1. The summed E-state index contributed by atoms with van der Waals surface area (Å²) < 4.78 is 23.4. The van der Waals surface area contributed by atoms with E-state index in [1.165, 1.54) is 6.21 Å². The van der Waals surface area contributed by atoms with Crippen LogP contribution in [0.2, 0.25) is 5.02 Å². The fourth-order valence-corrected chi connectivity index (χ4v) is 5.57. The number of thiocarbonyl (C=S) groups is 1. The SMILES string of the molecule is CCOC(=O)C1=C(C)NC(=S)N[C@H]1c1ccccc1OCC(=O)NN=Cc1cc(I)c(OCc2ccccc2Cl)c(OC)c1. The van der Waals surface area contributed by atoms with Crippen molar-refractivity contribution in [2.75, 3.05) is 20.3 Å². The van der Waals surface area contributed by atoms with Crippen LogP contribution in [0.5, 0.6) is 17.2 Å². The molecule has 10 nitrogen and oxygen atoms in total.